The molecule has 0 radical (unpaired) electrons. The number of ether oxygens (including phenoxy) is 1. The fourth-order valence-electron chi connectivity index (χ4n) is 1.62. The zero-order valence-corrected chi connectivity index (χ0v) is 10.2. The van der Waals surface area contributed by atoms with E-state index in [1.54, 1.807) is 26.2 Å². The van der Waals surface area contributed by atoms with Crippen molar-refractivity contribution in [1.29, 1.82) is 0 Å². The van der Waals surface area contributed by atoms with Gasteiger partial charge in [-0.05, 0) is 25.1 Å². The van der Waals surface area contributed by atoms with Crippen LogP contribution in [0.5, 0.6) is 5.75 Å². The molecule has 0 bridgehead atoms. The van der Waals surface area contributed by atoms with Gasteiger partial charge in [0.05, 0.1) is 17.7 Å². The predicted molar refractivity (Wildman–Crippen MR) is 65.7 cm³/mol. The van der Waals surface area contributed by atoms with Gasteiger partial charge in [-0.15, -0.1) is 0 Å². The van der Waals surface area contributed by atoms with E-state index in [1.165, 1.54) is 0 Å². The monoisotopic (exact) mass is 250 g/mol. The Hall–Kier alpha value is -1.81. The van der Waals surface area contributed by atoms with E-state index in [2.05, 4.69) is 10.2 Å². The van der Waals surface area contributed by atoms with E-state index in [0.29, 0.717) is 22.0 Å². The lowest BCUT2D eigenvalue weighted by Gasteiger charge is -2.04. The third kappa shape index (κ3) is 2.03. The smallest absolute Gasteiger partial charge is 0.154 e. The molecule has 1 heterocycles. The third-order valence-electron chi connectivity index (χ3n) is 2.54. The van der Waals surface area contributed by atoms with E-state index >= 15 is 0 Å². The molecule has 88 valence electrons. The first-order chi connectivity index (χ1) is 8.17. The Bertz CT molecular complexity index is 564. The molecular formula is C12H11ClN2O2. The molecule has 0 atom stereocenters. The number of hydrogen-bond acceptors (Lipinski definition) is 3. The van der Waals surface area contributed by atoms with Gasteiger partial charge in [0.1, 0.15) is 11.4 Å². The first-order valence-electron chi connectivity index (χ1n) is 5.01. The standard InChI is InChI=1S/C12H11ClN2O2/c1-7-9(6-16)12(15-14-7)8-3-4-11(17-2)10(13)5-8/h3-6H,1-2H3,(H,14,15). The summed E-state index contributed by atoms with van der Waals surface area (Å²) in [6, 6.07) is 5.28. The van der Waals surface area contributed by atoms with Gasteiger partial charge in [0.25, 0.3) is 0 Å². The number of aromatic nitrogens is 2. The third-order valence-corrected chi connectivity index (χ3v) is 2.83. The zero-order chi connectivity index (χ0) is 12.4. The molecule has 1 aromatic carbocycles. The highest BCUT2D eigenvalue weighted by molar-refractivity contribution is 6.32. The number of aldehydes is 1. The van der Waals surface area contributed by atoms with E-state index in [4.69, 9.17) is 16.3 Å². The topological polar surface area (TPSA) is 55.0 Å². The number of methoxy groups -OCH3 is 1. The first kappa shape index (κ1) is 11.7. The number of hydrogen-bond donors (Lipinski definition) is 1. The number of carbonyl (C=O) groups is 1. The molecule has 4 nitrogen and oxygen atoms in total. The maximum atomic E-state index is 11.0. The number of H-pyrrole nitrogens is 1. The minimum Gasteiger partial charge on any atom is -0.495 e. The molecule has 0 fully saturated rings. The van der Waals surface area contributed by atoms with Gasteiger partial charge in [-0.1, -0.05) is 11.6 Å². The summed E-state index contributed by atoms with van der Waals surface area (Å²) in [4.78, 5) is 11.0. The number of nitrogens with one attached hydrogen (secondary N) is 1. The summed E-state index contributed by atoms with van der Waals surface area (Å²) in [7, 11) is 1.55. The Morgan fingerprint density at radius 2 is 2.24 bits per heavy atom. The van der Waals surface area contributed by atoms with Crippen molar-refractivity contribution in [2.75, 3.05) is 7.11 Å². The van der Waals surface area contributed by atoms with Crippen LogP contribution in [0, 0.1) is 6.92 Å². The Morgan fingerprint density at radius 3 is 2.82 bits per heavy atom. The van der Waals surface area contributed by atoms with E-state index in [9.17, 15) is 4.79 Å². The number of carbonyl (C=O) groups excluding carboxylic acids is 1. The van der Waals surface area contributed by atoms with Crippen molar-refractivity contribution >= 4 is 17.9 Å². The quantitative estimate of drug-likeness (QED) is 0.853. The lowest BCUT2D eigenvalue weighted by molar-refractivity contribution is 0.112. The Morgan fingerprint density at radius 1 is 1.47 bits per heavy atom. The highest BCUT2D eigenvalue weighted by atomic mass is 35.5. The summed E-state index contributed by atoms with van der Waals surface area (Å²) in [5.41, 5.74) is 2.66. The number of aromatic amines is 1. The van der Waals surface area contributed by atoms with Crippen molar-refractivity contribution in [3.8, 4) is 17.0 Å². The molecule has 1 aromatic heterocycles. The summed E-state index contributed by atoms with van der Waals surface area (Å²) in [5, 5.41) is 7.37. The molecule has 5 heteroatoms. The van der Waals surface area contributed by atoms with Crippen LogP contribution in [0.25, 0.3) is 11.3 Å². The van der Waals surface area contributed by atoms with Crippen LogP contribution >= 0.6 is 11.6 Å². The second-order valence-corrected chi connectivity index (χ2v) is 3.99. The molecule has 2 aromatic rings. The van der Waals surface area contributed by atoms with Crippen LogP contribution in [0.3, 0.4) is 0 Å². The van der Waals surface area contributed by atoms with Crippen molar-refractivity contribution in [2.24, 2.45) is 0 Å². The molecule has 0 spiro atoms. The highest BCUT2D eigenvalue weighted by Gasteiger charge is 2.12. The molecule has 0 aliphatic heterocycles. The Kier molecular flexibility index (Phi) is 3.15. The van der Waals surface area contributed by atoms with Crippen molar-refractivity contribution in [3.63, 3.8) is 0 Å². The van der Waals surface area contributed by atoms with Gasteiger partial charge < -0.3 is 4.74 Å². The summed E-state index contributed by atoms with van der Waals surface area (Å²) >= 11 is 6.03. The van der Waals surface area contributed by atoms with Crippen LogP contribution in [0.1, 0.15) is 16.1 Å². The SMILES string of the molecule is COc1ccc(-c2n[nH]c(C)c2C=O)cc1Cl. The lowest BCUT2D eigenvalue weighted by atomic mass is 10.1. The van der Waals surface area contributed by atoms with Crippen molar-refractivity contribution in [2.45, 2.75) is 6.92 Å². The number of halogens is 1. The Balaban J connectivity index is 2.53. The van der Waals surface area contributed by atoms with Gasteiger partial charge in [0.2, 0.25) is 0 Å². The van der Waals surface area contributed by atoms with Crippen LogP contribution < -0.4 is 4.74 Å². The van der Waals surface area contributed by atoms with E-state index in [-0.39, 0.29) is 0 Å². The average molecular weight is 251 g/mol. The van der Waals surface area contributed by atoms with Gasteiger partial charge >= 0.3 is 0 Å². The molecule has 0 aliphatic carbocycles. The number of nitrogens with zero attached hydrogens (tertiary/aromatic N) is 1. The summed E-state index contributed by atoms with van der Waals surface area (Å²) in [5.74, 6) is 0.593. The van der Waals surface area contributed by atoms with Crippen LogP contribution in [0.15, 0.2) is 18.2 Å². The number of benzene rings is 1. The van der Waals surface area contributed by atoms with Crippen LogP contribution in [-0.2, 0) is 0 Å². The van der Waals surface area contributed by atoms with Crippen molar-refractivity contribution < 1.29 is 9.53 Å². The van der Waals surface area contributed by atoms with E-state index in [0.717, 1.165) is 17.5 Å². The van der Waals surface area contributed by atoms with E-state index in [1.807, 2.05) is 6.07 Å². The second kappa shape index (κ2) is 4.59. The summed E-state index contributed by atoms with van der Waals surface area (Å²) in [6.07, 6.45) is 0.784. The summed E-state index contributed by atoms with van der Waals surface area (Å²) in [6.45, 7) is 1.80. The molecule has 0 saturated heterocycles. The fraction of sp³-hybridized carbons (Fsp3) is 0.167. The first-order valence-corrected chi connectivity index (χ1v) is 5.39. The normalized spacial score (nSPS) is 10.3. The maximum Gasteiger partial charge on any atom is 0.154 e. The highest BCUT2D eigenvalue weighted by Crippen LogP contribution is 2.30. The van der Waals surface area contributed by atoms with Gasteiger partial charge in [-0.2, -0.15) is 5.10 Å². The van der Waals surface area contributed by atoms with Gasteiger partial charge in [0, 0.05) is 11.3 Å². The lowest BCUT2D eigenvalue weighted by Crippen LogP contribution is -1.88. The molecule has 0 aliphatic rings. The predicted octanol–water partition coefficient (Wildman–Crippen LogP) is 2.86. The zero-order valence-electron chi connectivity index (χ0n) is 9.45. The molecule has 0 amide bonds. The fourth-order valence-corrected chi connectivity index (χ4v) is 1.87. The Labute approximate surface area is 104 Å². The van der Waals surface area contributed by atoms with Gasteiger partial charge in [0.15, 0.2) is 6.29 Å². The average Bonchev–Trinajstić information content (AvgIpc) is 2.70. The van der Waals surface area contributed by atoms with Crippen LogP contribution in [0.4, 0.5) is 0 Å². The second-order valence-electron chi connectivity index (χ2n) is 3.58. The molecular weight excluding hydrogens is 240 g/mol. The van der Waals surface area contributed by atoms with Crippen LogP contribution in [-0.4, -0.2) is 23.6 Å². The van der Waals surface area contributed by atoms with Crippen LogP contribution in [0.2, 0.25) is 5.02 Å². The van der Waals surface area contributed by atoms with Gasteiger partial charge in [-0.25, -0.2) is 0 Å². The molecule has 0 unspecified atom stereocenters. The minimum atomic E-state index is 0.488. The molecule has 1 N–H and O–H groups in total. The van der Waals surface area contributed by atoms with Crippen molar-refractivity contribution in [1.82, 2.24) is 10.2 Å². The number of aryl methyl sites for hydroxylation is 1. The molecule has 17 heavy (non-hydrogen) atoms. The van der Waals surface area contributed by atoms with E-state index < -0.39 is 0 Å². The van der Waals surface area contributed by atoms with Crippen molar-refractivity contribution in [3.05, 3.63) is 34.5 Å². The van der Waals surface area contributed by atoms with Gasteiger partial charge in [-0.3, -0.25) is 9.89 Å². The summed E-state index contributed by atoms with van der Waals surface area (Å²) < 4.78 is 5.07. The largest absolute Gasteiger partial charge is 0.495 e. The molecule has 0 saturated carbocycles. The minimum absolute atomic E-state index is 0.488. The maximum absolute atomic E-state index is 11.0. The number of rotatable bonds is 3. The molecule has 2 rings (SSSR count).